The number of hydrogen-bond acceptors (Lipinski definition) is 9. The second-order valence-electron chi connectivity index (χ2n) is 9.82. The third-order valence-corrected chi connectivity index (χ3v) is 7.97. The minimum Gasteiger partial charge on any atom is -0.508 e. The van der Waals surface area contributed by atoms with Crippen molar-refractivity contribution in [3.63, 3.8) is 0 Å². The first kappa shape index (κ1) is 23.7. The number of amides is 3. The molecular weight excluding hydrogens is 472 g/mol. The summed E-state index contributed by atoms with van der Waals surface area (Å²) in [7, 11) is 0. The topological polar surface area (TPSA) is 196 Å². The first-order valence-corrected chi connectivity index (χ1v) is 11.5. The van der Waals surface area contributed by atoms with Gasteiger partial charge in [0.1, 0.15) is 22.8 Å². The molecule has 0 aromatic heterocycles. The predicted molar refractivity (Wildman–Crippen MR) is 121 cm³/mol. The molecule has 0 radical (unpaired) electrons. The van der Waals surface area contributed by atoms with Gasteiger partial charge in [0.25, 0.3) is 5.91 Å². The number of phenolic OH excluding ortho intramolecular Hbond substituents is 1. The lowest BCUT2D eigenvalue weighted by atomic mass is 9.56. The lowest BCUT2D eigenvalue weighted by molar-refractivity contribution is -0.152. The Bertz CT molecular complexity index is 1340. The molecule has 1 saturated carbocycles. The van der Waals surface area contributed by atoms with Crippen LogP contribution in [0.3, 0.4) is 0 Å². The highest BCUT2D eigenvalue weighted by atomic mass is 16.3. The number of carbonyl (C=O) groups excluding carboxylic acids is 5. The number of ketones is 2. The lowest BCUT2D eigenvalue weighted by Crippen LogP contribution is -2.60. The summed E-state index contributed by atoms with van der Waals surface area (Å²) >= 11 is 0. The maximum absolute atomic E-state index is 13.6. The maximum Gasteiger partial charge on any atom is 0.255 e. The number of Topliss-reactive ketones (excluding diaryl/α,β-unsaturated/α-hetero) is 2. The Morgan fingerprint density at radius 3 is 2.36 bits per heavy atom. The lowest BCUT2D eigenvalue weighted by Gasteiger charge is -2.48. The van der Waals surface area contributed by atoms with Crippen LogP contribution in [0, 0.1) is 17.8 Å². The van der Waals surface area contributed by atoms with Crippen LogP contribution in [0.15, 0.2) is 29.0 Å². The minimum absolute atomic E-state index is 0.0311. The van der Waals surface area contributed by atoms with Gasteiger partial charge >= 0.3 is 0 Å². The highest BCUT2D eigenvalue weighted by Crippen LogP contribution is 2.53. The van der Waals surface area contributed by atoms with Crippen LogP contribution in [0.1, 0.15) is 42.9 Å². The molecule has 1 heterocycles. The zero-order valence-corrected chi connectivity index (χ0v) is 19.3. The van der Waals surface area contributed by atoms with E-state index >= 15 is 0 Å². The number of aliphatic hydroxyl groups excluding tert-OH is 2. The van der Waals surface area contributed by atoms with E-state index in [4.69, 9.17) is 5.73 Å². The second kappa shape index (κ2) is 7.76. The van der Waals surface area contributed by atoms with E-state index in [1.165, 1.54) is 13.0 Å². The standard InChI is InChI=1S/C25H24N2O9/c1-9-13-7-12-6-10-2-3-11(8-27-14(28)4-5-15(27)29)20(31)16(10)21(32)17(12)22(33)25(13,36)23(34)18(19(9)30)24(26)35/h2-3,9,12-13,31-32,34,36H,4-8H2,1H3,(H2,26,35)/t9-,12?,13?,25-/m0/s1. The van der Waals surface area contributed by atoms with E-state index in [1.807, 2.05) is 0 Å². The van der Waals surface area contributed by atoms with Crippen molar-refractivity contribution in [1.82, 2.24) is 4.90 Å². The van der Waals surface area contributed by atoms with E-state index in [9.17, 15) is 44.4 Å². The van der Waals surface area contributed by atoms with Gasteiger partial charge in [0, 0.05) is 35.8 Å². The summed E-state index contributed by atoms with van der Waals surface area (Å²) in [5.74, 6) is -8.80. The number of nitrogens with two attached hydrogens (primary N) is 1. The second-order valence-corrected chi connectivity index (χ2v) is 9.82. The Morgan fingerprint density at radius 1 is 1.11 bits per heavy atom. The highest BCUT2D eigenvalue weighted by molar-refractivity contribution is 6.23. The molecule has 3 aliphatic carbocycles. The molecule has 36 heavy (non-hydrogen) atoms. The van der Waals surface area contributed by atoms with Crippen LogP contribution < -0.4 is 5.73 Å². The molecule has 188 valence electrons. The van der Waals surface area contributed by atoms with Crippen molar-refractivity contribution in [2.45, 2.75) is 44.8 Å². The number of likely N-dealkylation sites (tertiary alicyclic amines) is 1. The monoisotopic (exact) mass is 496 g/mol. The smallest absolute Gasteiger partial charge is 0.255 e. The number of aromatic hydroxyl groups is 1. The molecule has 5 rings (SSSR count). The number of hydrogen-bond donors (Lipinski definition) is 5. The van der Waals surface area contributed by atoms with Gasteiger partial charge in [-0.05, 0) is 24.3 Å². The van der Waals surface area contributed by atoms with Crippen LogP contribution in [0.2, 0.25) is 0 Å². The predicted octanol–water partition coefficient (Wildman–Crippen LogP) is 0.319. The van der Waals surface area contributed by atoms with Crippen molar-refractivity contribution in [2.75, 3.05) is 0 Å². The molecule has 4 atom stereocenters. The molecule has 1 aromatic carbocycles. The molecule has 2 unspecified atom stereocenters. The third kappa shape index (κ3) is 2.98. The maximum atomic E-state index is 13.6. The number of imide groups is 1. The molecule has 2 fully saturated rings. The van der Waals surface area contributed by atoms with E-state index < -0.39 is 63.7 Å². The van der Waals surface area contributed by atoms with Crippen LogP contribution in [-0.4, -0.2) is 60.2 Å². The number of carbonyl (C=O) groups is 5. The summed E-state index contributed by atoms with van der Waals surface area (Å²) < 4.78 is 0. The van der Waals surface area contributed by atoms with Crippen molar-refractivity contribution in [1.29, 1.82) is 0 Å². The summed E-state index contributed by atoms with van der Waals surface area (Å²) in [6.45, 7) is 1.22. The summed E-state index contributed by atoms with van der Waals surface area (Å²) in [5.41, 5.74) is 2.07. The van der Waals surface area contributed by atoms with E-state index in [1.54, 1.807) is 6.07 Å². The molecule has 4 aliphatic rings. The average molecular weight is 496 g/mol. The van der Waals surface area contributed by atoms with Gasteiger partial charge < -0.3 is 26.2 Å². The summed E-state index contributed by atoms with van der Waals surface area (Å²) in [6.07, 6.45) is 0.349. The molecule has 1 aliphatic heterocycles. The van der Waals surface area contributed by atoms with Crippen molar-refractivity contribution in [2.24, 2.45) is 23.5 Å². The van der Waals surface area contributed by atoms with Crippen LogP contribution in [0.4, 0.5) is 0 Å². The van der Waals surface area contributed by atoms with Gasteiger partial charge in [0.2, 0.25) is 17.6 Å². The van der Waals surface area contributed by atoms with Crippen molar-refractivity contribution in [3.05, 3.63) is 45.7 Å². The highest BCUT2D eigenvalue weighted by Gasteiger charge is 2.62. The Kier molecular flexibility index (Phi) is 5.11. The SMILES string of the molecule is C[C@@H]1C(=O)C(C(N)=O)=C(O)[C@@]2(O)C(=O)C3=C(O)c4c(ccc(CN5C(=O)CCC5=O)c4O)CC3CC12. The van der Waals surface area contributed by atoms with Gasteiger partial charge in [-0.1, -0.05) is 19.1 Å². The Balaban J connectivity index is 1.62. The molecule has 0 bridgehead atoms. The average Bonchev–Trinajstić information content (AvgIpc) is 3.13. The van der Waals surface area contributed by atoms with Crippen LogP contribution >= 0.6 is 0 Å². The first-order valence-electron chi connectivity index (χ1n) is 11.5. The van der Waals surface area contributed by atoms with Gasteiger partial charge in [0.05, 0.1) is 12.1 Å². The van der Waals surface area contributed by atoms with E-state index in [-0.39, 0.29) is 60.7 Å². The Labute approximate surface area is 204 Å². The first-order chi connectivity index (χ1) is 16.9. The summed E-state index contributed by atoms with van der Waals surface area (Å²) in [6, 6.07) is 3.15. The van der Waals surface area contributed by atoms with Gasteiger partial charge in [-0.3, -0.25) is 28.9 Å². The zero-order valence-electron chi connectivity index (χ0n) is 19.3. The van der Waals surface area contributed by atoms with E-state index in [0.717, 1.165) is 4.90 Å². The molecular formula is C25H24N2O9. The van der Waals surface area contributed by atoms with Crippen molar-refractivity contribution in [3.8, 4) is 5.75 Å². The normalized spacial score (nSPS) is 29.9. The minimum atomic E-state index is -2.66. The summed E-state index contributed by atoms with van der Waals surface area (Å²) in [5, 5.41) is 44.2. The molecule has 0 spiro atoms. The van der Waals surface area contributed by atoms with Crippen molar-refractivity contribution < 1.29 is 44.4 Å². The molecule has 11 nitrogen and oxygen atoms in total. The number of benzene rings is 1. The van der Waals surface area contributed by atoms with Crippen molar-refractivity contribution >= 4 is 35.0 Å². The number of nitrogens with zero attached hydrogens (tertiary/aromatic N) is 1. The quantitative estimate of drug-likeness (QED) is 0.289. The van der Waals surface area contributed by atoms with Crippen LogP contribution in [0.5, 0.6) is 5.75 Å². The number of fused-ring (bicyclic) bond motifs is 3. The molecule has 6 N–H and O–H groups in total. The molecule has 1 saturated heterocycles. The number of aliphatic hydroxyl groups is 3. The number of primary amides is 1. The fourth-order valence-corrected chi connectivity index (χ4v) is 6.05. The van der Waals surface area contributed by atoms with Gasteiger partial charge in [-0.2, -0.15) is 0 Å². The number of rotatable bonds is 3. The molecule has 11 heteroatoms. The Hall–Kier alpha value is -3.99. The Morgan fingerprint density at radius 2 is 1.75 bits per heavy atom. The van der Waals surface area contributed by atoms with Gasteiger partial charge in [-0.25, -0.2) is 0 Å². The fourth-order valence-electron chi connectivity index (χ4n) is 6.05. The van der Waals surface area contributed by atoms with E-state index in [0.29, 0.717) is 5.56 Å². The van der Waals surface area contributed by atoms with E-state index in [2.05, 4.69) is 0 Å². The number of phenols is 1. The zero-order chi connectivity index (χ0) is 26.3. The molecule has 3 amide bonds. The van der Waals surface area contributed by atoms with Gasteiger partial charge in [0.15, 0.2) is 11.4 Å². The fraction of sp³-hybridized carbons (Fsp3) is 0.400. The van der Waals surface area contributed by atoms with Crippen LogP contribution in [-0.2, 0) is 36.9 Å². The largest absolute Gasteiger partial charge is 0.508 e. The molecule has 1 aromatic rings. The van der Waals surface area contributed by atoms with Crippen LogP contribution in [0.25, 0.3) is 5.76 Å². The van der Waals surface area contributed by atoms with Gasteiger partial charge in [-0.15, -0.1) is 0 Å². The summed E-state index contributed by atoms with van der Waals surface area (Å²) in [4.78, 5) is 63.2. The third-order valence-electron chi connectivity index (χ3n) is 7.97.